The van der Waals surface area contributed by atoms with Crippen LogP contribution >= 0.6 is 0 Å². The Hall–Kier alpha value is -2.50. The third kappa shape index (κ3) is 2.20. The normalized spacial score (nSPS) is 10.9. The Morgan fingerprint density at radius 1 is 1.30 bits per heavy atom. The zero-order valence-corrected chi connectivity index (χ0v) is 11.9. The SMILES string of the molecule is CN(C)c1ncc(CNc2ccc3[nH]ncc3c2)n1C. The second-order valence-corrected chi connectivity index (χ2v) is 5.03. The maximum atomic E-state index is 4.40. The first kappa shape index (κ1) is 12.5. The lowest BCUT2D eigenvalue weighted by Gasteiger charge is -2.13. The van der Waals surface area contributed by atoms with Gasteiger partial charge in [0.25, 0.3) is 0 Å². The summed E-state index contributed by atoms with van der Waals surface area (Å²) in [6.45, 7) is 0.737. The van der Waals surface area contributed by atoms with E-state index < -0.39 is 0 Å². The van der Waals surface area contributed by atoms with Crippen LogP contribution < -0.4 is 10.2 Å². The van der Waals surface area contributed by atoms with Gasteiger partial charge < -0.3 is 14.8 Å². The summed E-state index contributed by atoms with van der Waals surface area (Å²) in [7, 11) is 6.01. The maximum absolute atomic E-state index is 4.40. The first-order valence-corrected chi connectivity index (χ1v) is 6.50. The highest BCUT2D eigenvalue weighted by Gasteiger charge is 2.07. The van der Waals surface area contributed by atoms with Gasteiger partial charge in [0.2, 0.25) is 5.95 Å². The van der Waals surface area contributed by atoms with E-state index in [1.54, 1.807) is 0 Å². The largest absolute Gasteiger partial charge is 0.379 e. The number of anilines is 2. The van der Waals surface area contributed by atoms with E-state index >= 15 is 0 Å². The number of H-pyrrole nitrogens is 1. The van der Waals surface area contributed by atoms with Crippen molar-refractivity contribution in [2.45, 2.75) is 6.54 Å². The molecule has 6 nitrogen and oxygen atoms in total. The van der Waals surface area contributed by atoms with E-state index in [2.05, 4.69) is 31.1 Å². The van der Waals surface area contributed by atoms with Crippen molar-refractivity contribution < 1.29 is 0 Å². The molecule has 0 saturated carbocycles. The number of hydrogen-bond donors (Lipinski definition) is 2. The molecule has 20 heavy (non-hydrogen) atoms. The van der Waals surface area contributed by atoms with Crippen molar-refractivity contribution in [3.63, 3.8) is 0 Å². The fourth-order valence-corrected chi connectivity index (χ4v) is 2.26. The smallest absolute Gasteiger partial charge is 0.204 e. The van der Waals surface area contributed by atoms with Crippen molar-refractivity contribution in [2.24, 2.45) is 7.05 Å². The summed E-state index contributed by atoms with van der Waals surface area (Å²) in [4.78, 5) is 6.40. The van der Waals surface area contributed by atoms with Crippen molar-refractivity contribution in [3.8, 4) is 0 Å². The fraction of sp³-hybridized carbons (Fsp3) is 0.286. The molecular formula is C14H18N6. The monoisotopic (exact) mass is 270 g/mol. The van der Waals surface area contributed by atoms with Crippen molar-refractivity contribution in [1.29, 1.82) is 0 Å². The Balaban J connectivity index is 1.75. The number of imidazole rings is 1. The second-order valence-electron chi connectivity index (χ2n) is 5.03. The lowest BCUT2D eigenvalue weighted by Crippen LogP contribution is -2.15. The molecule has 0 saturated heterocycles. The quantitative estimate of drug-likeness (QED) is 0.761. The molecule has 0 atom stereocenters. The summed E-state index contributed by atoms with van der Waals surface area (Å²) in [6.07, 6.45) is 3.73. The van der Waals surface area contributed by atoms with Gasteiger partial charge in [0.05, 0.1) is 30.1 Å². The number of nitrogens with one attached hydrogen (secondary N) is 2. The third-order valence-corrected chi connectivity index (χ3v) is 3.37. The van der Waals surface area contributed by atoms with Crippen LogP contribution in [0, 0.1) is 0 Å². The van der Waals surface area contributed by atoms with Crippen molar-refractivity contribution in [1.82, 2.24) is 19.7 Å². The van der Waals surface area contributed by atoms with E-state index in [4.69, 9.17) is 0 Å². The van der Waals surface area contributed by atoms with Crippen LogP contribution in [0.3, 0.4) is 0 Å². The van der Waals surface area contributed by atoms with Gasteiger partial charge in [-0.05, 0) is 18.2 Å². The minimum atomic E-state index is 0.737. The van der Waals surface area contributed by atoms with E-state index in [1.807, 2.05) is 50.6 Å². The van der Waals surface area contributed by atoms with E-state index in [0.717, 1.165) is 34.8 Å². The van der Waals surface area contributed by atoms with Gasteiger partial charge in [0.15, 0.2) is 0 Å². The van der Waals surface area contributed by atoms with Crippen LogP contribution in [0.4, 0.5) is 11.6 Å². The second kappa shape index (κ2) is 4.88. The molecule has 2 N–H and O–H groups in total. The lowest BCUT2D eigenvalue weighted by molar-refractivity contribution is 0.814. The van der Waals surface area contributed by atoms with Crippen molar-refractivity contribution in [2.75, 3.05) is 24.3 Å². The fourth-order valence-electron chi connectivity index (χ4n) is 2.26. The van der Waals surface area contributed by atoms with Crippen LogP contribution in [0.15, 0.2) is 30.6 Å². The van der Waals surface area contributed by atoms with Gasteiger partial charge in [-0.2, -0.15) is 5.10 Å². The number of aromatic nitrogens is 4. The van der Waals surface area contributed by atoms with Crippen molar-refractivity contribution >= 4 is 22.5 Å². The van der Waals surface area contributed by atoms with Crippen LogP contribution in [0.5, 0.6) is 0 Å². The Kier molecular flexibility index (Phi) is 3.06. The number of fused-ring (bicyclic) bond motifs is 1. The molecule has 0 bridgehead atoms. The van der Waals surface area contributed by atoms with Crippen LogP contribution in [-0.4, -0.2) is 33.8 Å². The Bertz CT molecular complexity index is 724. The van der Waals surface area contributed by atoms with E-state index in [9.17, 15) is 0 Å². The Morgan fingerprint density at radius 3 is 2.90 bits per heavy atom. The molecule has 0 fully saturated rings. The average molecular weight is 270 g/mol. The standard InChI is InChI=1S/C14H18N6/c1-19(2)14-16-9-12(20(14)3)8-15-11-4-5-13-10(6-11)7-17-18-13/h4-7,9,15H,8H2,1-3H3,(H,17,18). The van der Waals surface area contributed by atoms with Crippen LogP contribution in [0.2, 0.25) is 0 Å². The highest BCUT2D eigenvalue weighted by Crippen LogP contribution is 2.18. The predicted molar refractivity (Wildman–Crippen MR) is 81.0 cm³/mol. The predicted octanol–water partition coefficient (Wildman–Crippen LogP) is 1.97. The Morgan fingerprint density at radius 2 is 2.15 bits per heavy atom. The van der Waals surface area contributed by atoms with Crippen LogP contribution in [0.25, 0.3) is 10.9 Å². The van der Waals surface area contributed by atoms with Crippen LogP contribution in [0.1, 0.15) is 5.69 Å². The van der Waals surface area contributed by atoms with Crippen LogP contribution in [-0.2, 0) is 13.6 Å². The summed E-state index contributed by atoms with van der Waals surface area (Å²) < 4.78 is 2.09. The number of aromatic amines is 1. The minimum Gasteiger partial charge on any atom is -0.379 e. The molecule has 3 aromatic rings. The molecule has 0 radical (unpaired) electrons. The molecule has 104 valence electrons. The number of benzene rings is 1. The summed E-state index contributed by atoms with van der Waals surface area (Å²) in [5.74, 6) is 0.951. The molecular weight excluding hydrogens is 252 g/mol. The summed E-state index contributed by atoms with van der Waals surface area (Å²) >= 11 is 0. The molecule has 6 heteroatoms. The molecule has 0 spiro atoms. The molecule has 2 heterocycles. The molecule has 0 aliphatic carbocycles. The number of rotatable bonds is 4. The summed E-state index contributed by atoms with van der Waals surface area (Å²) in [5, 5.41) is 11.5. The highest BCUT2D eigenvalue weighted by atomic mass is 15.3. The van der Waals surface area contributed by atoms with Gasteiger partial charge in [-0.3, -0.25) is 5.10 Å². The Labute approximate surface area is 117 Å². The van der Waals surface area contributed by atoms with Gasteiger partial charge in [-0.15, -0.1) is 0 Å². The van der Waals surface area contributed by atoms with Crippen molar-refractivity contribution in [3.05, 3.63) is 36.3 Å². The van der Waals surface area contributed by atoms with E-state index in [-0.39, 0.29) is 0 Å². The maximum Gasteiger partial charge on any atom is 0.204 e. The topological polar surface area (TPSA) is 61.8 Å². The number of nitrogens with zero attached hydrogens (tertiary/aromatic N) is 4. The zero-order valence-electron chi connectivity index (χ0n) is 11.9. The van der Waals surface area contributed by atoms with E-state index in [1.165, 1.54) is 0 Å². The number of hydrogen-bond acceptors (Lipinski definition) is 4. The molecule has 0 aliphatic heterocycles. The summed E-state index contributed by atoms with van der Waals surface area (Å²) in [5.41, 5.74) is 3.26. The highest BCUT2D eigenvalue weighted by molar-refractivity contribution is 5.81. The first-order chi connectivity index (χ1) is 9.65. The molecule has 3 rings (SSSR count). The molecule has 0 aliphatic rings. The van der Waals surface area contributed by atoms with Gasteiger partial charge in [-0.25, -0.2) is 4.98 Å². The average Bonchev–Trinajstić information content (AvgIpc) is 3.02. The van der Waals surface area contributed by atoms with Gasteiger partial charge in [0.1, 0.15) is 0 Å². The third-order valence-electron chi connectivity index (χ3n) is 3.37. The summed E-state index contributed by atoms with van der Waals surface area (Å²) in [6, 6.07) is 6.16. The van der Waals surface area contributed by atoms with Gasteiger partial charge in [0, 0.05) is 32.2 Å². The zero-order chi connectivity index (χ0) is 14.1. The molecule has 0 amide bonds. The minimum absolute atomic E-state index is 0.737. The molecule has 0 unspecified atom stereocenters. The molecule has 1 aromatic carbocycles. The van der Waals surface area contributed by atoms with E-state index in [0.29, 0.717) is 0 Å². The molecule has 2 aromatic heterocycles. The lowest BCUT2D eigenvalue weighted by atomic mass is 10.2. The first-order valence-electron chi connectivity index (χ1n) is 6.50. The van der Waals surface area contributed by atoms with Gasteiger partial charge >= 0.3 is 0 Å². The van der Waals surface area contributed by atoms with Gasteiger partial charge in [-0.1, -0.05) is 0 Å².